The van der Waals surface area contributed by atoms with Gasteiger partial charge in [-0.2, -0.15) is 0 Å². The van der Waals surface area contributed by atoms with Crippen molar-refractivity contribution < 1.29 is 9.90 Å². The summed E-state index contributed by atoms with van der Waals surface area (Å²) in [5.74, 6) is 2.51. The van der Waals surface area contributed by atoms with E-state index in [0.717, 1.165) is 5.56 Å². The number of hydrogen-bond donors (Lipinski definition) is 3. The Morgan fingerprint density at radius 1 is 1.18 bits per heavy atom. The van der Waals surface area contributed by atoms with Gasteiger partial charge in [-0.25, -0.2) is 4.79 Å². The van der Waals surface area contributed by atoms with Gasteiger partial charge in [0.05, 0.1) is 6.10 Å². The lowest BCUT2D eigenvalue weighted by Gasteiger charge is -2.13. The summed E-state index contributed by atoms with van der Waals surface area (Å²) in [6.45, 7) is 0.176. The van der Waals surface area contributed by atoms with Gasteiger partial charge in [-0.15, -0.1) is 6.42 Å². The molecule has 4 nitrogen and oxygen atoms in total. The normalized spacial score (nSPS) is 11.3. The Bertz CT molecular complexity index is 662. The molecule has 0 radical (unpaired) electrons. The second kappa shape index (κ2) is 7.87. The number of terminal acetylenes is 1. The van der Waals surface area contributed by atoms with Crippen LogP contribution in [0.15, 0.2) is 54.6 Å². The van der Waals surface area contributed by atoms with Crippen LogP contribution in [0, 0.1) is 12.3 Å². The van der Waals surface area contributed by atoms with Gasteiger partial charge in [-0.1, -0.05) is 42.3 Å². The number of aliphatic hydroxyl groups is 1. The number of rotatable bonds is 5. The van der Waals surface area contributed by atoms with E-state index < -0.39 is 6.10 Å². The molecule has 0 heterocycles. The average molecular weight is 294 g/mol. The molecule has 0 fully saturated rings. The van der Waals surface area contributed by atoms with Crippen molar-refractivity contribution in [1.82, 2.24) is 5.32 Å². The van der Waals surface area contributed by atoms with Gasteiger partial charge in [-0.3, -0.25) is 0 Å². The molecule has 2 aromatic carbocycles. The maximum Gasteiger partial charge on any atom is 0.319 e. The lowest BCUT2D eigenvalue weighted by molar-refractivity contribution is 0.172. The predicted molar refractivity (Wildman–Crippen MR) is 87.6 cm³/mol. The molecule has 1 atom stereocenters. The van der Waals surface area contributed by atoms with Crippen molar-refractivity contribution in [2.75, 3.05) is 11.9 Å². The van der Waals surface area contributed by atoms with Crippen LogP contribution in [0.3, 0.4) is 0 Å². The summed E-state index contributed by atoms with van der Waals surface area (Å²) in [5.41, 5.74) is 2.34. The molecular formula is C18H18N2O2. The molecule has 0 bridgehead atoms. The fourth-order valence-electron chi connectivity index (χ4n) is 2.03. The molecule has 4 heteroatoms. The fourth-order valence-corrected chi connectivity index (χ4v) is 2.03. The van der Waals surface area contributed by atoms with E-state index in [0.29, 0.717) is 17.7 Å². The molecule has 3 N–H and O–H groups in total. The smallest absolute Gasteiger partial charge is 0.319 e. The molecule has 0 aromatic heterocycles. The van der Waals surface area contributed by atoms with E-state index in [1.54, 1.807) is 24.3 Å². The Morgan fingerprint density at radius 2 is 1.95 bits per heavy atom. The van der Waals surface area contributed by atoms with E-state index in [9.17, 15) is 9.90 Å². The van der Waals surface area contributed by atoms with Gasteiger partial charge >= 0.3 is 6.03 Å². The van der Waals surface area contributed by atoms with Crippen LogP contribution in [0.5, 0.6) is 0 Å². The van der Waals surface area contributed by atoms with Crippen LogP contribution in [0.2, 0.25) is 0 Å². The highest BCUT2D eigenvalue weighted by Gasteiger charge is 2.08. The van der Waals surface area contributed by atoms with Gasteiger partial charge < -0.3 is 15.7 Å². The van der Waals surface area contributed by atoms with Crippen molar-refractivity contribution in [2.45, 2.75) is 12.5 Å². The second-order valence-electron chi connectivity index (χ2n) is 4.90. The number of hydrogen-bond acceptors (Lipinski definition) is 2. The Balaban J connectivity index is 1.78. The van der Waals surface area contributed by atoms with E-state index >= 15 is 0 Å². The zero-order valence-electron chi connectivity index (χ0n) is 12.1. The molecule has 0 spiro atoms. The summed E-state index contributed by atoms with van der Waals surface area (Å²) in [4.78, 5) is 11.8. The third kappa shape index (κ3) is 4.97. The summed E-state index contributed by atoms with van der Waals surface area (Å²) < 4.78 is 0. The van der Waals surface area contributed by atoms with Crippen molar-refractivity contribution in [2.24, 2.45) is 0 Å². The van der Waals surface area contributed by atoms with Crippen molar-refractivity contribution >= 4 is 11.7 Å². The van der Waals surface area contributed by atoms with Gasteiger partial charge in [-0.05, 0) is 23.8 Å². The maximum atomic E-state index is 11.8. The molecule has 1 unspecified atom stereocenters. The quantitative estimate of drug-likeness (QED) is 0.742. The van der Waals surface area contributed by atoms with Crippen molar-refractivity contribution in [3.8, 4) is 12.3 Å². The largest absolute Gasteiger partial charge is 0.391 e. The zero-order chi connectivity index (χ0) is 15.8. The van der Waals surface area contributed by atoms with E-state index in [4.69, 9.17) is 6.42 Å². The molecule has 0 aliphatic heterocycles. The summed E-state index contributed by atoms with van der Waals surface area (Å²) in [6, 6.07) is 16.3. The van der Waals surface area contributed by atoms with Crippen LogP contribution < -0.4 is 10.6 Å². The molecule has 2 rings (SSSR count). The van der Waals surface area contributed by atoms with Crippen LogP contribution in [0.4, 0.5) is 10.5 Å². The number of nitrogens with one attached hydrogen (secondary N) is 2. The molecule has 2 amide bonds. The zero-order valence-corrected chi connectivity index (χ0v) is 12.1. The predicted octanol–water partition coefficient (Wildman–Crippen LogP) is 2.39. The number of carbonyl (C=O) groups excluding carboxylic acids is 1. The second-order valence-corrected chi connectivity index (χ2v) is 4.90. The average Bonchev–Trinajstić information content (AvgIpc) is 2.54. The Morgan fingerprint density at radius 3 is 2.68 bits per heavy atom. The molecule has 0 aliphatic rings. The first-order valence-electron chi connectivity index (χ1n) is 7.01. The van der Waals surface area contributed by atoms with Crippen LogP contribution in [0.1, 0.15) is 11.1 Å². The van der Waals surface area contributed by atoms with E-state index in [-0.39, 0.29) is 12.6 Å². The Labute approximate surface area is 130 Å². The molecule has 0 aliphatic carbocycles. The fraction of sp³-hybridized carbons (Fsp3) is 0.167. The summed E-state index contributed by atoms with van der Waals surface area (Å²) in [6.07, 6.45) is 5.17. The molecule has 0 saturated carbocycles. The first kappa shape index (κ1) is 15.6. The number of carbonyl (C=O) groups is 1. The summed E-state index contributed by atoms with van der Waals surface area (Å²) >= 11 is 0. The van der Waals surface area contributed by atoms with Gasteiger partial charge in [0.15, 0.2) is 0 Å². The highest BCUT2D eigenvalue weighted by atomic mass is 16.3. The number of aliphatic hydroxyl groups excluding tert-OH is 1. The van der Waals surface area contributed by atoms with E-state index in [2.05, 4.69) is 16.6 Å². The van der Waals surface area contributed by atoms with E-state index in [1.165, 1.54) is 0 Å². The topological polar surface area (TPSA) is 61.4 Å². The third-order valence-electron chi connectivity index (χ3n) is 3.10. The SMILES string of the molecule is C#Cc1cccc(NC(=O)NCC(O)Cc2ccccc2)c1. The minimum absolute atomic E-state index is 0.176. The summed E-state index contributed by atoms with van der Waals surface area (Å²) in [7, 11) is 0. The minimum atomic E-state index is -0.634. The Kier molecular flexibility index (Phi) is 5.58. The monoisotopic (exact) mass is 294 g/mol. The summed E-state index contributed by atoms with van der Waals surface area (Å²) in [5, 5.41) is 15.2. The molecule has 112 valence electrons. The van der Waals surface area contributed by atoms with Crippen molar-refractivity contribution in [1.29, 1.82) is 0 Å². The Hall–Kier alpha value is -2.77. The highest BCUT2D eigenvalue weighted by Crippen LogP contribution is 2.09. The first-order valence-corrected chi connectivity index (χ1v) is 7.01. The highest BCUT2D eigenvalue weighted by molar-refractivity contribution is 5.89. The lowest BCUT2D eigenvalue weighted by atomic mass is 10.1. The van der Waals surface area contributed by atoms with Crippen LogP contribution >= 0.6 is 0 Å². The molecule has 22 heavy (non-hydrogen) atoms. The van der Waals surface area contributed by atoms with Crippen LogP contribution in [-0.2, 0) is 6.42 Å². The molecule has 2 aromatic rings. The van der Waals surface area contributed by atoms with Gasteiger partial charge in [0.25, 0.3) is 0 Å². The molecule has 0 saturated heterocycles. The van der Waals surface area contributed by atoms with Crippen molar-refractivity contribution in [3.05, 3.63) is 65.7 Å². The number of urea groups is 1. The van der Waals surface area contributed by atoms with Gasteiger partial charge in [0.1, 0.15) is 0 Å². The standard InChI is InChI=1S/C18H18N2O2/c1-2-14-9-6-10-16(11-14)20-18(22)19-13-17(21)12-15-7-4-3-5-8-15/h1,3-11,17,21H,12-13H2,(H2,19,20,22). The van der Waals surface area contributed by atoms with Crippen LogP contribution in [0.25, 0.3) is 0 Å². The minimum Gasteiger partial charge on any atom is -0.391 e. The maximum absolute atomic E-state index is 11.8. The van der Waals surface area contributed by atoms with Gasteiger partial charge in [0, 0.05) is 24.2 Å². The van der Waals surface area contributed by atoms with Gasteiger partial charge in [0.2, 0.25) is 0 Å². The number of amides is 2. The molecular weight excluding hydrogens is 276 g/mol. The lowest BCUT2D eigenvalue weighted by Crippen LogP contribution is -2.36. The van der Waals surface area contributed by atoms with Crippen molar-refractivity contribution in [3.63, 3.8) is 0 Å². The number of benzene rings is 2. The van der Waals surface area contributed by atoms with E-state index in [1.807, 2.05) is 30.3 Å². The number of anilines is 1. The third-order valence-corrected chi connectivity index (χ3v) is 3.10. The first-order chi connectivity index (χ1) is 10.7. The van der Waals surface area contributed by atoms with Crippen LogP contribution in [-0.4, -0.2) is 23.8 Å².